The molecule has 0 bridgehead atoms. The molecule has 0 aliphatic rings. The van der Waals surface area contributed by atoms with Crippen LogP contribution in [-0.4, -0.2) is 35.6 Å². The first-order valence-electron chi connectivity index (χ1n) is 6.53. The van der Waals surface area contributed by atoms with Crippen LogP contribution in [0, 0.1) is 5.92 Å². The molecule has 0 heterocycles. The smallest absolute Gasteiger partial charge is 0.408 e. The second-order valence-electron chi connectivity index (χ2n) is 6.00. The summed E-state index contributed by atoms with van der Waals surface area (Å²) < 4.78 is 5.10. The molecular weight excluding hydrogens is 262 g/mol. The van der Waals surface area contributed by atoms with Crippen LogP contribution in [0.2, 0.25) is 0 Å². The van der Waals surface area contributed by atoms with E-state index in [-0.39, 0.29) is 5.92 Å². The molecule has 0 spiro atoms. The third kappa shape index (κ3) is 6.96. The van der Waals surface area contributed by atoms with Crippen LogP contribution in [0.1, 0.15) is 41.5 Å². The molecule has 0 fully saturated rings. The lowest BCUT2D eigenvalue weighted by molar-refractivity contribution is -0.129. The molecule has 0 saturated carbocycles. The highest BCUT2D eigenvalue weighted by Crippen LogP contribution is 2.09. The first-order chi connectivity index (χ1) is 8.94. The fourth-order valence-electron chi connectivity index (χ4n) is 1.34. The van der Waals surface area contributed by atoms with Crippen molar-refractivity contribution in [2.75, 3.05) is 0 Å². The van der Waals surface area contributed by atoms with Crippen molar-refractivity contribution < 1.29 is 19.1 Å². The zero-order valence-electron chi connectivity index (χ0n) is 12.9. The van der Waals surface area contributed by atoms with E-state index in [1.165, 1.54) is 6.92 Å². The molecule has 2 atom stereocenters. The minimum Gasteiger partial charge on any atom is -0.444 e. The van der Waals surface area contributed by atoms with Crippen molar-refractivity contribution >= 4 is 17.9 Å². The van der Waals surface area contributed by atoms with Gasteiger partial charge in [0.05, 0.1) is 0 Å². The van der Waals surface area contributed by atoms with E-state index in [0.29, 0.717) is 0 Å². The van der Waals surface area contributed by atoms with Crippen LogP contribution in [0.4, 0.5) is 4.79 Å². The molecule has 7 nitrogen and oxygen atoms in total. The number of carbonyl (C=O) groups excluding carboxylic acids is 3. The van der Waals surface area contributed by atoms with E-state index in [0.717, 1.165) is 0 Å². The molecule has 0 aliphatic heterocycles. The van der Waals surface area contributed by atoms with E-state index < -0.39 is 35.6 Å². The Balaban J connectivity index is 4.69. The van der Waals surface area contributed by atoms with Gasteiger partial charge in [0.1, 0.15) is 17.7 Å². The topological polar surface area (TPSA) is 111 Å². The Morgan fingerprint density at radius 2 is 1.55 bits per heavy atom. The van der Waals surface area contributed by atoms with Gasteiger partial charge in [-0.1, -0.05) is 13.8 Å². The lowest BCUT2D eigenvalue weighted by Crippen LogP contribution is -2.54. The van der Waals surface area contributed by atoms with Crippen LogP contribution in [-0.2, 0) is 14.3 Å². The Kier molecular flexibility index (Phi) is 6.48. The largest absolute Gasteiger partial charge is 0.444 e. The van der Waals surface area contributed by atoms with Crippen LogP contribution in [0.25, 0.3) is 0 Å². The number of alkyl carbamates (subject to hydrolysis) is 1. The standard InChI is InChI=1S/C13H25N3O4/c1-7(2)9(11(18)15-8(3)10(14)17)16-12(19)20-13(4,5)6/h7-9H,1-6H3,(H2,14,17)(H,15,18)(H,16,19)/t8-,9+/m0/s1. The maximum atomic E-state index is 12.0. The highest BCUT2D eigenvalue weighted by atomic mass is 16.6. The molecule has 0 radical (unpaired) electrons. The summed E-state index contributed by atoms with van der Waals surface area (Å²) in [6.07, 6.45) is -0.682. The maximum Gasteiger partial charge on any atom is 0.408 e. The van der Waals surface area contributed by atoms with Crippen LogP contribution < -0.4 is 16.4 Å². The summed E-state index contributed by atoms with van der Waals surface area (Å²) in [7, 11) is 0. The van der Waals surface area contributed by atoms with Gasteiger partial charge >= 0.3 is 6.09 Å². The molecular formula is C13H25N3O4. The SMILES string of the molecule is CC(C)[C@@H](NC(=O)OC(C)(C)C)C(=O)N[C@@H](C)C(N)=O. The second-order valence-corrected chi connectivity index (χ2v) is 6.00. The minimum absolute atomic E-state index is 0.164. The first kappa shape index (κ1) is 18.2. The fourth-order valence-corrected chi connectivity index (χ4v) is 1.34. The summed E-state index contributed by atoms with van der Waals surface area (Å²) in [5, 5.41) is 4.94. The van der Waals surface area contributed by atoms with Crippen molar-refractivity contribution in [2.24, 2.45) is 11.7 Å². The molecule has 4 N–H and O–H groups in total. The summed E-state index contributed by atoms with van der Waals surface area (Å²) in [6, 6.07) is -1.60. The number of ether oxygens (including phenoxy) is 1. The first-order valence-corrected chi connectivity index (χ1v) is 6.53. The average molecular weight is 287 g/mol. The monoisotopic (exact) mass is 287 g/mol. The highest BCUT2D eigenvalue weighted by molar-refractivity contribution is 5.90. The van der Waals surface area contributed by atoms with Gasteiger partial charge in [-0.3, -0.25) is 9.59 Å². The third-order valence-corrected chi connectivity index (χ3v) is 2.41. The van der Waals surface area contributed by atoms with E-state index in [9.17, 15) is 14.4 Å². The molecule has 0 saturated heterocycles. The van der Waals surface area contributed by atoms with Crippen molar-refractivity contribution in [3.05, 3.63) is 0 Å². The van der Waals surface area contributed by atoms with Crippen molar-refractivity contribution in [3.63, 3.8) is 0 Å². The Bertz CT molecular complexity index is 374. The zero-order chi connectivity index (χ0) is 16.1. The van der Waals surface area contributed by atoms with Gasteiger partial charge in [0.2, 0.25) is 11.8 Å². The number of hydrogen-bond acceptors (Lipinski definition) is 4. The Morgan fingerprint density at radius 1 is 1.05 bits per heavy atom. The van der Waals surface area contributed by atoms with Gasteiger partial charge in [-0.15, -0.1) is 0 Å². The molecule has 0 aromatic carbocycles. The van der Waals surface area contributed by atoms with Crippen molar-refractivity contribution in [2.45, 2.75) is 59.2 Å². The van der Waals surface area contributed by atoms with Crippen molar-refractivity contribution in [1.82, 2.24) is 10.6 Å². The molecule has 0 unspecified atom stereocenters. The van der Waals surface area contributed by atoms with E-state index in [1.807, 2.05) is 0 Å². The lowest BCUT2D eigenvalue weighted by Gasteiger charge is -2.25. The summed E-state index contributed by atoms with van der Waals surface area (Å²) in [5.41, 5.74) is 4.43. The van der Waals surface area contributed by atoms with Gasteiger partial charge in [-0.05, 0) is 33.6 Å². The van der Waals surface area contributed by atoms with Crippen LogP contribution >= 0.6 is 0 Å². The number of amides is 3. The van der Waals surface area contributed by atoms with Gasteiger partial charge in [0.25, 0.3) is 0 Å². The molecule has 3 amide bonds. The molecule has 0 aromatic heterocycles. The molecule has 7 heteroatoms. The third-order valence-electron chi connectivity index (χ3n) is 2.41. The number of carbonyl (C=O) groups is 3. The fraction of sp³-hybridized carbons (Fsp3) is 0.769. The number of nitrogens with two attached hydrogens (primary N) is 1. The van der Waals surface area contributed by atoms with E-state index in [2.05, 4.69) is 10.6 Å². The van der Waals surface area contributed by atoms with E-state index in [4.69, 9.17) is 10.5 Å². The Labute approximate surface area is 119 Å². The lowest BCUT2D eigenvalue weighted by atomic mass is 10.0. The second kappa shape index (κ2) is 7.12. The summed E-state index contributed by atoms with van der Waals surface area (Å²) in [6.45, 7) is 10.2. The zero-order valence-corrected chi connectivity index (χ0v) is 12.9. The Hall–Kier alpha value is -1.79. The van der Waals surface area contributed by atoms with E-state index in [1.54, 1.807) is 34.6 Å². The number of nitrogens with one attached hydrogen (secondary N) is 2. The summed E-state index contributed by atoms with van der Waals surface area (Å²) in [4.78, 5) is 34.6. The number of hydrogen-bond donors (Lipinski definition) is 3. The van der Waals surface area contributed by atoms with Gasteiger partial charge in [0.15, 0.2) is 0 Å². The molecule has 116 valence electrons. The molecule has 0 rings (SSSR count). The maximum absolute atomic E-state index is 12.0. The molecule has 20 heavy (non-hydrogen) atoms. The van der Waals surface area contributed by atoms with Crippen LogP contribution in [0.15, 0.2) is 0 Å². The van der Waals surface area contributed by atoms with Gasteiger partial charge in [-0.25, -0.2) is 4.79 Å². The predicted octanol–water partition coefficient (Wildman–Crippen LogP) is 0.526. The number of rotatable bonds is 5. The van der Waals surface area contributed by atoms with Crippen LogP contribution in [0.3, 0.4) is 0 Å². The summed E-state index contributed by atoms with van der Waals surface area (Å²) >= 11 is 0. The van der Waals surface area contributed by atoms with Gasteiger partial charge < -0.3 is 21.1 Å². The normalized spacial score (nSPS) is 14.3. The van der Waals surface area contributed by atoms with Crippen LogP contribution in [0.5, 0.6) is 0 Å². The quantitative estimate of drug-likeness (QED) is 0.684. The average Bonchev–Trinajstić information content (AvgIpc) is 2.22. The summed E-state index contributed by atoms with van der Waals surface area (Å²) in [5.74, 6) is -1.28. The van der Waals surface area contributed by atoms with E-state index >= 15 is 0 Å². The minimum atomic E-state index is -0.802. The van der Waals surface area contributed by atoms with Gasteiger partial charge in [0, 0.05) is 0 Å². The van der Waals surface area contributed by atoms with Crippen molar-refractivity contribution in [1.29, 1.82) is 0 Å². The molecule has 0 aliphatic carbocycles. The Morgan fingerprint density at radius 3 is 1.90 bits per heavy atom. The van der Waals surface area contributed by atoms with Gasteiger partial charge in [-0.2, -0.15) is 0 Å². The number of primary amides is 1. The van der Waals surface area contributed by atoms with Crippen molar-refractivity contribution in [3.8, 4) is 0 Å². The predicted molar refractivity (Wildman–Crippen MR) is 74.8 cm³/mol. The molecule has 0 aromatic rings. The highest BCUT2D eigenvalue weighted by Gasteiger charge is 2.28.